The summed E-state index contributed by atoms with van der Waals surface area (Å²) in [7, 11) is 1.42. The first-order valence-corrected chi connectivity index (χ1v) is 9.65. The zero-order valence-electron chi connectivity index (χ0n) is 16.5. The molecule has 1 aliphatic heterocycles. The van der Waals surface area contributed by atoms with Crippen LogP contribution >= 0.6 is 15.9 Å². The largest absolute Gasteiger partial charge is 0.503 e. The molecule has 7 nitrogen and oxygen atoms in total. The number of benzene rings is 1. The number of methoxy groups -OCH3 is 1. The Balaban J connectivity index is 2.75. The minimum Gasteiger partial charge on any atom is -0.503 e. The zero-order valence-corrected chi connectivity index (χ0v) is 18.1. The normalized spacial score (nSPS) is 14.6. The summed E-state index contributed by atoms with van der Waals surface area (Å²) >= 11 is 3.30. The molecule has 1 aromatic carbocycles. The molecule has 1 heterocycles. The van der Waals surface area contributed by atoms with E-state index in [4.69, 9.17) is 14.2 Å². The van der Waals surface area contributed by atoms with E-state index in [0.29, 0.717) is 32.6 Å². The molecule has 2 N–H and O–H groups in total. The predicted octanol–water partition coefficient (Wildman–Crippen LogP) is 3.52. The fourth-order valence-electron chi connectivity index (χ4n) is 3.20. The molecule has 0 saturated heterocycles. The van der Waals surface area contributed by atoms with E-state index in [1.807, 2.05) is 0 Å². The number of hydrogen-bond acceptors (Lipinski definition) is 7. The van der Waals surface area contributed by atoms with E-state index >= 15 is 0 Å². The zero-order chi connectivity index (χ0) is 21.0. The van der Waals surface area contributed by atoms with Crippen molar-refractivity contribution in [2.75, 3.05) is 20.3 Å². The summed E-state index contributed by atoms with van der Waals surface area (Å²) in [6.07, 6.45) is 0. The standard InChI is InChI=1S/C20H24BrNO6/c1-6-27-19(24)15-10(3)22-11(4)16(20(25)28-7-2)17(15)12-8-13(21)18(23)14(9-12)26-5/h8-9,17,22-23H,6-7H2,1-5H3. The highest BCUT2D eigenvalue weighted by atomic mass is 79.9. The summed E-state index contributed by atoms with van der Waals surface area (Å²) in [6, 6.07) is 3.24. The SMILES string of the molecule is CCOC(=O)C1=C(C)NC(C)=C(C(=O)OCC)C1c1cc(Br)c(O)c(OC)c1. The van der Waals surface area contributed by atoms with Gasteiger partial charge in [-0.2, -0.15) is 0 Å². The van der Waals surface area contributed by atoms with E-state index in [9.17, 15) is 14.7 Å². The lowest BCUT2D eigenvalue weighted by Gasteiger charge is -2.30. The molecule has 2 rings (SSSR count). The van der Waals surface area contributed by atoms with Crippen LogP contribution in [0, 0.1) is 0 Å². The number of halogens is 1. The third kappa shape index (κ3) is 4.16. The summed E-state index contributed by atoms with van der Waals surface area (Å²) in [6.45, 7) is 7.32. The molecular weight excluding hydrogens is 430 g/mol. The maximum absolute atomic E-state index is 12.7. The quantitative estimate of drug-likeness (QED) is 0.636. The van der Waals surface area contributed by atoms with Gasteiger partial charge in [-0.25, -0.2) is 9.59 Å². The molecular formula is C20H24BrNO6. The van der Waals surface area contributed by atoms with Gasteiger partial charge in [0.1, 0.15) is 0 Å². The lowest BCUT2D eigenvalue weighted by molar-refractivity contribution is -0.139. The van der Waals surface area contributed by atoms with Crippen molar-refractivity contribution in [1.82, 2.24) is 5.32 Å². The third-order valence-corrected chi connectivity index (χ3v) is 4.96. The average molecular weight is 454 g/mol. The first-order chi connectivity index (χ1) is 13.3. The predicted molar refractivity (Wildman–Crippen MR) is 107 cm³/mol. The fraction of sp³-hybridized carbons (Fsp3) is 0.400. The Morgan fingerprint density at radius 3 is 2.00 bits per heavy atom. The Morgan fingerprint density at radius 1 is 1.07 bits per heavy atom. The first-order valence-electron chi connectivity index (χ1n) is 8.85. The molecule has 1 aromatic rings. The highest BCUT2D eigenvalue weighted by Gasteiger charge is 2.38. The smallest absolute Gasteiger partial charge is 0.336 e. The van der Waals surface area contributed by atoms with Gasteiger partial charge in [0.05, 0.1) is 41.9 Å². The molecule has 0 radical (unpaired) electrons. The number of rotatable bonds is 6. The molecule has 28 heavy (non-hydrogen) atoms. The molecule has 0 saturated carbocycles. The van der Waals surface area contributed by atoms with Crippen LogP contribution in [0.4, 0.5) is 0 Å². The summed E-state index contributed by atoms with van der Waals surface area (Å²) in [5.74, 6) is -1.67. The van der Waals surface area contributed by atoms with E-state index in [1.54, 1.807) is 39.8 Å². The number of dihydropyridines is 1. The maximum atomic E-state index is 12.7. The Labute approximate surface area is 172 Å². The Hall–Kier alpha value is -2.48. The van der Waals surface area contributed by atoms with E-state index in [0.717, 1.165) is 0 Å². The summed E-state index contributed by atoms with van der Waals surface area (Å²) in [5, 5.41) is 13.2. The van der Waals surface area contributed by atoms with Gasteiger partial charge in [0, 0.05) is 11.4 Å². The molecule has 0 spiro atoms. The van der Waals surface area contributed by atoms with Crippen molar-refractivity contribution in [1.29, 1.82) is 0 Å². The topological polar surface area (TPSA) is 94.1 Å². The fourth-order valence-corrected chi connectivity index (χ4v) is 3.66. The molecule has 0 atom stereocenters. The monoisotopic (exact) mass is 453 g/mol. The van der Waals surface area contributed by atoms with Crippen LogP contribution in [-0.2, 0) is 19.1 Å². The van der Waals surface area contributed by atoms with Crippen LogP contribution in [0.5, 0.6) is 11.5 Å². The number of allylic oxidation sites excluding steroid dienone is 2. The van der Waals surface area contributed by atoms with Crippen LogP contribution < -0.4 is 10.1 Å². The molecule has 1 aliphatic rings. The van der Waals surface area contributed by atoms with Gasteiger partial charge in [0.2, 0.25) is 0 Å². The minimum absolute atomic E-state index is 0.0723. The second-order valence-electron chi connectivity index (χ2n) is 6.13. The van der Waals surface area contributed by atoms with Gasteiger partial charge < -0.3 is 24.6 Å². The Kier molecular flexibility index (Phi) is 7.12. The van der Waals surface area contributed by atoms with Crippen molar-refractivity contribution in [2.24, 2.45) is 0 Å². The van der Waals surface area contributed by atoms with Crippen molar-refractivity contribution >= 4 is 27.9 Å². The van der Waals surface area contributed by atoms with Crippen LogP contribution in [0.2, 0.25) is 0 Å². The lowest BCUT2D eigenvalue weighted by Crippen LogP contribution is -2.32. The number of aromatic hydroxyl groups is 1. The van der Waals surface area contributed by atoms with Crippen molar-refractivity contribution in [3.8, 4) is 11.5 Å². The van der Waals surface area contributed by atoms with E-state index < -0.39 is 17.9 Å². The van der Waals surface area contributed by atoms with Crippen LogP contribution in [0.3, 0.4) is 0 Å². The molecule has 0 aromatic heterocycles. The van der Waals surface area contributed by atoms with E-state index in [-0.39, 0.29) is 24.7 Å². The molecule has 0 bridgehead atoms. The second-order valence-corrected chi connectivity index (χ2v) is 6.98. The van der Waals surface area contributed by atoms with Crippen LogP contribution in [-0.4, -0.2) is 37.4 Å². The van der Waals surface area contributed by atoms with Crippen LogP contribution in [0.15, 0.2) is 39.1 Å². The molecule has 0 amide bonds. The number of carbonyl (C=O) groups is 2. The van der Waals surface area contributed by atoms with E-state index in [2.05, 4.69) is 21.2 Å². The number of esters is 2. The Bertz CT molecular complexity index is 818. The lowest BCUT2D eigenvalue weighted by atomic mass is 9.80. The average Bonchev–Trinajstić information content (AvgIpc) is 2.63. The molecule has 0 fully saturated rings. The van der Waals surface area contributed by atoms with Gasteiger partial charge in [-0.15, -0.1) is 0 Å². The molecule has 152 valence electrons. The van der Waals surface area contributed by atoms with Gasteiger partial charge in [0.25, 0.3) is 0 Å². The van der Waals surface area contributed by atoms with Crippen LogP contribution in [0.25, 0.3) is 0 Å². The second kappa shape index (κ2) is 9.14. The van der Waals surface area contributed by atoms with Gasteiger partial charge in [0.15, 0.2) is 11.5 Å². The number of hydrogen-bond donors (Lipinski definition) is 2. The number of ether oxygens (including phenoxy) is 3. The van der Waals surface area contributed by atoms with E-state index in [1.165, 1.54) is 7.11 Å². The van der Waals surface area contributed by atoms with Crippen LogP contribution in [0.1, 0.15) is 39.2 Å². The van der Waals surface area contributed by atoms with Gasteiger partial charge in [-0.1, -0.05) is 0 Å². The molecule has 0 unspecified atom stereocenters. The summed E-state index contributed by atoms with van der Waals surface area (Å²) < 4.78 is 16.1. The highest BCUT2D eigenvalue weighted by molar-refractivity contribution is 9.10. The summed E-state index contributed by atoms with van der Waals surface area (Å²) in [5.41, 5.74) is 2.34. The summed E-state index contributed by atoms with van der Waals surface area (Å²) in [4.78, 5) is 25.5. The number of nitrogens with one attached hydrogen (secondary N) is 1. The van der Waals surface area contributed by atoms with Crippen molar-refractivity contribution < 1.29 is 28.9 Å². The third-order valence-electron chi connectivity index (χ3n) is 4.36. The number of phenols is 1. The maximum Gasteiger partial charge on any atom is 0.336 e. The molecule has 8 heteroatoms. The van der Waals surface area contributed by atoms with Crippen molar-refractivity contribution in [3.63, 3.8) is 0 Å². The molecule has 0 aliphatic carbocycles. The highest BCUT2D eigenvalue weighted by Crippen LogP contribution is 2.44. The number of phenolic OH excluding ortho intramolecular Hbond substituents is 1. The van der Waals surface area contributed by atoms with Gasteiger partial charge >= 0.3 is 11.9 Å². The van der Waals surface area contributed by atoms with Crippen molar-refractivity contribution in [3.05, 3.63) is 44.7 Å². The van der Waals surface area contributed by atoms with Gasteiger partial charge in [-0.3, -0.25) is 0 Å². The van der Waals surface area contributed by atoms with Crippen molar-refractivity contribution in [2.45, 2.75) is 33.6 Å². The minimum atomic E-state index is -0.745. The Morgan fingerprint density at radius 2 is 1.57 bits per heavy atom. The van der Waals surface area contributed by atoms with Gasteiger partial charge in [-0.05, 0) is 61.3 Å². The number of carbonyl (C=O) groups excluding carboxylic acids is 2. The first kappa shape index (κ1) is 21.8.